The number of aliphatic carboxylic acids is 1. The van der Waals surface area contributed by atoms with Gasteiger partial charge < -0.3 is 132 Å². The maximum Gasteiger partial charge on any atom is 0.303 e. The van der Waals surface area contributed by atoms with Gasteiger partial charge in [-0.25, -0.2) is 0 Å². The van der Waals surface area contributed by atoms with Crippen LogP contribution in [0.4, 0.5) is 0 Å². The number of carbonyl (C=O) groups excluding carboxylic acids is 22. The van der Waals surface area contributed by atoms with E-state index in [1.54, 1.807) is 59.7 Å². The average molecular weight is 2010 g/mol. The minimum atomic E-state index is -1.92. The van der Waals surface area contributed by atoms with Crippen molar-refractivity contribution in [1.29, 1.82) is 0 Å². The van der Waals surface area contributed by atoms with Gasteiger partial charge in [-0.3, -0.25) is 110 Å². The first-order chi connectivity index (χ1) is 65.3. The van der Waals surface area contributed by atoms with Crippen molar-refractivity contribution in [2.24, 2.45) is 29.2 Å². The Balaban J connectivity index is 1.66. The summed E-state index contributed by atoms with van der Waals surface area (Å²) in [6, 6.07) is -5.28. The van der Waals surface area contributed by atoms with Crippen LogP contribution in [0.1, 0.15) is 249 Å². The van der Waals surface area contributed by atoms with E-state index < -0.39 is 291 Å². The fourth-order valence-corrected chi connectivity index (χ4v) is 15.1. The number of likely N-dealkylation sites (tertiary alicyclic amines) is 2. The number of aliphatic hydroxyl groups is 1. The Morgan fingerprint density at radius 1 is 0.394 bits per heavy atom. The van der Waals surface area contributed by atoms with Crippen LogP contribution in [0.5, 0.6) is 0 Å². The van der Waals surface area contributed by atoms with Gasteiger partial charge in [0.05, 0.1) is 13.2 Å². The molecule has 48 heteroatoms. The van der Waals surface area contributed by atoms with E-state index in [4.69, 9.17) is 11.5 Å². The smallest absolute Gasteiger partial charge is 0.303 e. The van der Waals surface area contributed by atoms with E-state index >= 15 is 0 Å². The van der Waals surface area contributed by atoms with Crippen molar-refractivity contribution in [3.8, 4) is 0 Å². The lowest BCUT2D eigenvalue weighted by molar-refractivity contribution is -0.146. The first kappa shape index (κ1) is 123. The van der Waals surface area contributed by atoms with Crippen LogP contribution in [0.25, 0.3) is 0 Å². The summed E-state index contributed by atoms with van der Waals surface area (Å²) in [6.45, 7) is 34.6. The highest BCUT2D eigenvalue weighted by Gasteiger charge is 2.49. The van der Waals surface area contributed by atoms with Crippen molar-refractivity contribution in [3.63, 3.8) is 0 Å². The summed E-state index contributed by atoms with van der Waals surface area (Å²) in [5.41, 5.74) is -2.36. The van der Waals surface area contributed by atoms with Gasteiger partial charge in [0.2, 0.25) is 130 Å². The molecule has 0 aliphatic carbocycles. The first-order valence-electron chi connectivity index (χ1n) is 47.6. The quantitative estimate of drug-likeness (QED) is 0.0272. The molecule has 2 fully saturated rings. The third-order valence-electron chi connectivity index (χ3n) is 23.6. The molecule has 0 bridgehead atoms. The molecule has 2 saturated heterocycles. The molecule has 22 amide bonds. The van der Waals surface area contributed by atoms with E-state index in [1.165, 1.54) is 141 Å². The molecule has 0 aromatic heterocycles. The third kappa shape index (κ3) is 38.8. The zero-order valence-corrected chi connectivity index (χ0v) is 86.5. The lowest BCUT2D eigenvalue weighted by Crippen LogP contribution is -2.66. The van der Waals surface area contributed by atoms with Crippen LogP contribution in [0.2, 0.25) is 0 Å². The van der Waals surface area contributed by atoms with Crippen molar-refractivity contribution in [3.05, 3.63) is 35.9 Å². The summed E-state index contributed by atoms with van der Waals surface area (Å²) in [5, 5.41) is 68.1. The van der Waals surface area contributed by atoms with Crippen molar-refractivity contribution < 1.29 is 120 Å². The zero-order chi connectivity index (χ0) is 109. The van der Waals surface area contributed by atoms with E-state index in [0.29, 0.717) is 19.3 Å². The first-order valence-corrected chi connectivity index (χ1v) is 47.6. The zero-order valence-electron chi connectivity index (χ0n) is 86.5. The summed E-state index contributed by atoms with van der Waals surface area (Å²) in [5.74, 6) is -21.5. The van der Waals surface area contributed by atoms with E-state index in [0.717, 1.165) is 5.56 Å². The third-order valence-corrected chi connectivity index (χ3v) is 23.6. The lowest BCUT2D eigenvalue weighted by atomic mass is 9.96. The minimum Gasteiger partial charge on any atom is -0.481 e. The number of amides is 22. The van der Waals surface area contributed by atoms with E-state index in [-0.39, 0.29) is 70.8 Å². The van der Waals surface area contributed by atoms with Crippen LogP contribution in [-0.4, -0.2) is 306 Å². The van der Waals surface area contributed by atoms with Crippen LogP contribution in [-0.2, 0) is 117 Å². The molecule has 0 unspecified atom stereocenters. The number of carboxylic acids is 1. The molecule has 2 heterocycles. The number of primary amides is 2. The highest BCUT2D eigenvalue weighted by Crippen LogP contribution is 2.27. The SMILES string of the molecule is CC(=O)NC(C)(C)C(=O)N1CCC[C@@H]1C(=O)NC(C)(C)C(=O)N[C@@H](C)C(=O)NC(C)(C)C(=O)N[C@@H](C)C(=O)N[C@@H](CCC(N)=O)C(=O)NC(C)(C)C(=O)N[C@H](C(=O)NC(C)(C)C(=O)NCC(=O)N[C@@H](CC(C)C)C(=O)NC(C)(C)C(=O)N1CCC[C@H]1C(=O)N[C@H](C(=O)NC(C)(C)C(=O)NC(C)(C)C(=O)N[C@@H](CCC(=O)O)C(=O)N[C@H](CCC(N)=O)C(=O)N[C@@H](CNCCO)Cc1ccccc1)C(C)C)C(C)C. The number of nitrogens with two attached hydrogens (primary N) is 2. The Kier molecular flexibility index (Phi) is 46.1. The van der Waals surface area contributed by atoms with Crippen molar-refractivity contribution >= 4 is 136 Å². The molecule has 796 valence electrons. The number of hydrogen-bond donors (Lipinski definition) is 23. The standard InChI is InChI=1S/C94H155N23O25/c1-49(2)45-60(74(130)111-94(24,25)86(142)116-42-29-33-61(116)75(131)106-67(50(3)4)77(133)114-92(20,21)84(140)115-91(18,19)82(138)105-58(37-40-66(123)124)72(128)104-57(35-38-63(95)120)71(127)101-56(47-97-41-44-118)46-55-31-27-26-28-32-55)102-65(122)48-98-79(135)87(10,11)113-78(134)68(51(5)6)107-83(139)90(16,17)110-73(129)59(36-39-64(96)121)103-69(125)52(7)99-80(136)88(12,13)109-70(126)53(8)100-81(137)89(14,15)112-76(132)62-34-30-43-117(62)85(141)93(22,23)108-54(9)119/h26-28,31-32,49-53,56-62,67-68,97,118H,29-30,33-48H2,1-25H3,(H2,95,120)(H2,96,121)(H,98,135)(H,99,136)(H,100,137)(H,101,127)(H,102,122)(H,103,125)(H,104,128)(H,105,138)(H,106,131)(H,107,139)(H,108,119)(H,109,126)(H,110,129)(H,111,130)(H,112,132)(H,113,134)(H,114,133)(H,115,140)(H,123,124)/t52-,53-,56+,57+,58-,59-,60-,61-,62+,67-,68-/m0/s1. The Morgan fingerprint density at radius 3 is 1.26 bits per heavy atom. The number of carboxylic acid groups (broad SMARTS) is 1. The van der Waals surface area contributed by atoms with Crippen LogP contribution < -0.4 is 112 Å². The molecule has 48 nitrogen and oxygen atoms in total. The summed E-state index contributed by atoms with van der Waals surface area (Å²) >= 11 is 0. The number of nitrogens with one attached hydrogen (secondary N) is 19. The Hall–Kier alpha value is -13.0. The second kappa shape index (κ2) is 53.2. The molecular weight excluding hydrogens is 1850 g/mol. The van der Waals surface area contributed by atoms with Gasteiger partial charge in [0.1, 0.15) is 105 Å². The van der Waals surface area contributed by atoms with E-state index in [9.17, 15) is 120 Å². The molecule has 2 aliphatic rings. The molecule has 3 rings (SSSR count). The Bertz CT molecular complexity index is 4760. The number of carbonyl (C=O) groups is 23. The van der Waals surface area contributed by atoms with Gasteiger partial charge in [0.15, 0.2) is 0 Å². The fourth-order valence-electron chi connectivity index (χ4n) is 15.1. The van der Waals surface area contributed by atoms with Crippen molar-refractivity contribution in [1.82, 2.24) is 111 Å². The molecular formula is C94H155N23O25. The van der Waals surface area contributed by atoms with Gasteiger partial charge in [-0.15, -0.1) is 0 Å². The predicted molar refractivity (Wildman–Crippen MR) is 518 cm³/mol. The highest BCUT2D eigenvalue weighted by molar-refractivity contribution is 6.05. The number of nitrogens with zero attached hydrogens (tertiary/aromatic N) is 2. The molecule has 2 aliphatic heterocycles. The molecule has 1 aromatic rings. The number of rotatable bonds is 56. The van der Waals surface area contributed by atoms with Crippen LogP contribution in [0, 0.1) is 17.8 Å². The van der Waals surface area contributed by atoms with Crippen LogP contribution in [0.15, 0.2) is 30.3 Å². The molecule has 0 radical (unpaired) electrons. The molecule has 0 saturated carbocycles. The Morgan fingerprint density at radius 2 is 0.782 bits per heavy atom. The van der Waals surface area contributed by atoms with Crippen molar-refractivity contribution in [2.75, 3.05) is 39.3 Å². The molecule has 1 aromatic carbocycles. The molecule has 11 atom stereocenters. The van der Waals surface area contributed by atoms with Gasteiger partial charge in [0.25, 0.3) is 0 Å². The summed E-state index contributed by atoms with van der Waals surface area (Å²) < 4.78 is 0. The van der Waals surface area contributed by atoms with Crippen LogP contribution in [0.3, 0.4) is 0 Å². The van der Waals surface area contributed by atoms with E-state index in [2.05, 4.69) is 101 Å². The summed E-state index contributed by atoms with van der Waals surface area (Å²) in [4.78, 5) is 316. The number of hydrogen-bond acceptors (Lipinski definition) is 25. The largest absolute Gasteiger partial charge is 0.481 e. The normalized spacial score (nSPS) is 16.1. The van der Waals surface area contributed by atoms with Crippen molar-refractivity contribution in [2.45, 2.75) is 361 Å². The van der Waals surface area contributed by atoms with Gasteiger partial charge in [-0.1, -0.05) is 71.9 Å². The van der Waals surface area contributed by atoms with E-state index in [1.807, 2.05) is 12.1 Å². The maximum atomic E-state index is 14.6. The van der Waals surface area contributed by atoms with Gasteiger partial charge in [-0.05, 0) is 206 Å². The molecule has 25 N–H and O–H groups in total. The molecule has 0 spiro atoms. The maximum absolute atomic E-state index is 14.6. The highest BCUT2D eigenvalue weighted by atomic mass is 16.4. The second-order valence-corrected chi connectivity index (χ2v) is 41.5. The predicted octanol–water partition coefficient (Wildman–Crippen LogP) is -4.76. The Labute approximate surface area is 828 Å². The van der Waals surface area contributed by atoms with Gasteiger partial charge in [-0.2, -0.15) is 0 Å². The summed E-state index contributed by atoms with van der Waals surface area (Å²) in [6.07, 6.45) is -1.28. The average Bonchev–Trinajstić information content (AvgIpc) is 1.80. The van der Waals surface area contributed by atoms with Crippen LogP contribution >= 0.6 is 0 Å². The van der Waals surface area contributed by atoms with Gasteiger partial charge in [0, 0.05) is 58.4 Å². The minimum absolute atomic E-state index is 0.00349. The molecule has 142 heavy (non-hydrogen) atoms. The number of benzene rings is 1. The summed E-state index contributed by atoms with van der Waals surface area (Å²) in [7, 11) is 0. The second-order valence-electron chi connectivity index (χ2n) is 41.5. The fraction of sp³-hybridized carbons (Fsp3) is 0.691. The number of aliphatic hydroxyl groups excluding tert-OH is 1. The topological polar surface area (TPSA) is 720 Å². The van der Waals surface area contributed by atoms with Gasteiger partial charge >= 0.3 is 5.97 Å². The lowest BCUT2D eigenvalue weighted by Gasteiger charge is -2.36. The monoisotopic (exact) mass is 2010 g/mol.